The molecule has 2 aromatic carbocycles. The minimum atomic E-state index is -0.0549. The number of nitrogens with zero attached hydrogens (tertiary/aromatic N) is 1. The molecule has 6 heteroatoms. The Morgan fingerprint density at radius 2 is 1.97 bits per heavy atom. The van der Waals surface area contributed by atoms with E-state index in [4.69, 9.17) is 9.47 Å². The molecule has 2 N–H and O–H groups in total. The molecule has 0 aromatic heterocycles. The maximum atomic E-state index is 12.3. The lowest BCUT2D eigenvalue weighted by molar-refractivity contribution is -0.0764. The Bertz CT molecular complexity index is 863. The number of hydrogen-bond acceptors (Lipinski definition) is 5. The van der Waals surface area contributed by atoms with E-state index in [1.807, 2.05) is 42.5 Å². The van der Waals surface area contributed by atoms with E-state index in [2.05, 4.69) is 10.2 Å². The molecule has 2 fully saturated rings. The summed E-state index contributed by atoms with van der Waals surface area (Å²) in [6, 6.07) is 14.9. The van der Waals surface area contributed by atoms with E-state index >= 15 is 0 Å². The number of rotatable bonds is 6. The van der Waals surface area contributed by atoms with Crippen molar-refractivity contribution in [1.82, 2.24) is 10.2 Å². The molecule has 0 radical (unpaired) electrons. The third-order valence-electron chi connectivity index (χ3n) is 6.28. The number of likely N-dealkylation sites (tertiary alicyclic amines) is 1. The first-order chi connectivity index (χ1) is 14.6. The maximum absolute atomic E-state index is 12.3. The van der Waals surface area contributed by atoms with Crippen molar-refractivity contribution in [3.63, 3.8) is 0 Å². The van der Waals surface area contributed by atoms with Crippen LogP contribution in [-0.4, -0.2) is 54.4 Å². The number of carbonyl (C=O) groups excluding carboxylic acids is 1. The van der Waals surface area contributed by atoms with Crippen molar-refractivity contribution < 1.29 is 19.4 Å². The summed E-state index contributed by atoms with van der Waals surface area (Å²) in [7, 11) is 1.56. The number of carbonyl (C=O) groups is 1. The Morgan fingerprint density at radius 3 is 2.67 bits per heavy atom. The fourth-order valence-corrected chi connectivity index (χ4v) is 4.52. The SMILES string of the molecule is COc1ccc(CN2CCC3(CC[C@H](CNC(=O)c4ccccc4)O3)CC2)cc1O. The average Bonchev–Trinajstić information content (AvgIpc) is 3.17. The molecule has 2 heterocycles. The molecule has 30 heavy (non-hydrogen) atoms. The number of aromatic hydroxyl groups is 1. The van der Waals surface area contributed by atoms with Gasteiger partial charge in [-0.05, 0) is 55.5 Å². The molecular formula is C24H30N2O4. The number of ether oxygens (including phenoxy) is 2. The number of nitrogens with one attached hydrogen (secondary N) is 1. The van der Waals surface area contributed by atoms with Gasteiger partial charge in [0.2, 0.25) is 0 Å². The van der Waals surface area contributed by atoms with Crippen LogP contribution in [0.5, 0.6) is 11.5 Å². The summed E-state index contributed by atoms with van der Waals surface area (Å²) in [4.78, 5) is 14.7. The summed E-state index contributed by atoms with van der Waals surface area (Å²) in [5, 5.41) is 13.0. The van der Waals surface area contributed by atoms with Crippen LogP contribution < -0.4 is 10.1 Å². The highest BCUT2D eigenvalue weighted by Gasteiger charge is 2.42. The van der Waals surface area contributed by atoms with Crippen LogP contribution in [-0.2, 0) is 11.3 Å². The average molecular weight is 411 g/mol. The molecular weight excluding hydrogens is 380 g/mol. The van der Waals surface area contributed by atoms with Crippen molar-refractivity contribution in [1.29, 1.82) is 0 Å². The van der Waals surface area contributed by atoms with Gasteiger partial charge in [0.15, 0.2) is 11.5 Å². The summed E-state index contributed by atoms with van der Waals surface area (Å²) in [5.41, 5.74) is 1.71. The predicted molar refractivity (Wildman–Crippen MR) is 115 cm³/mol. The smallest absolute Gasteiger partial charge is 0.251 e. The summed E-state index contributed by atoms with van der Waals surface area (Å²) < 4.78 is 11.5. The van der Waals surface area contributed by atoms with Crippen LogP contribution in [0.4, 0.5) is 0 Å². The monoisotopic (exact) mass is 410 g/mol. The van der Waals surface area contributed by atoms with Gasteiger partial charge in [0.1, 0.15) is 0 Å². The van der Waals surface area contributed by atoms with Crippen molar-refractivity contribution in [3.8, 4) is 11.5 Å². The van der Waals surface area contributed by atoms with Crippen LogP contribution in [0.15, 0.2) is 48.5 Å². The lowest BCUT2D eigenvalue weighted by atomic mass is 9.88. The first-order valence-electron chi connectivity index (χ1n) is 10.7. The van der Waals surface area contributed by atoms with Crippen molar-refractivity contribution in [2.24, 2.45) is 0 Å². The molecule has 2 aliphatic heterocycles. The summed E-state index contributed by atoms with van der Waals surface area (Å²) in [6.07, 6.45) is 4.12. The number of methoxy groups -OCH3 is 1. The lowest BCUT2D eigenvalue weighted by Crippen LogP contribution is -2.44. The van der Waals surface area contributed by atoms with Crippen LogP contribution >= 0.6 is 0 Å². The largest absolute Gasteiger partial charge is 0.504 e. The van der Waals surface area contributed by atoms with Gasteiger partial charge in [-0.15, -0.1) is 0 Å². The van der Waals surface area contributed by atoms with Gasteiger partial charge in [-0.25, -0.2) is 0 Å². The van der Waals surface area contributed by atoms with Crippen LogP contribution in [0.25, 0.3) is 0 Å². The van der Waals surface area contributed by atoms with E-state index in [0.29, 0.717) is 17.9 Å². The van der Waals surface area contributed by atoms with Gasteiger partial charge in [0.25, 0.3) is 5.91 Å². The topological polar surface area (TPSA) is 71.0 Å². The molecule has 2 saturated heterocycles. The van der Waals surface area contributed by atoms with Gasteiger partial charge in [-0.1, -0.05) is 24.3 Å². The maximum Gasteiger partial charge on any atom is 0.251 e. The van der Waals surface area contributed by atoms with Crippen molar-refractivity contribution >= 4 is 5.91 Å². The first-order valence-corrected chi connectivity index (χ1v) is 10.7. The van der Waals surface area contributed by atoms with Gasteiger partial charge < -0.3 is 19.9 Å². The van der Waals surface area contributed by atoms with E-state index in [-0.39, 0.29) is 23.4 Å². The standard InChI is InChI=1S/C24H30N2O4/c1-29-22-8-7-18(15-21(22)27)17-26-13-11-24(12-14-26)10-9-20(30-24)16-25-23(28)19-5-3-2-4-6-19/h2-8,15,20,27H,9-14,16-17H2,1H3,(H,25,28)/t20-/m1/s1. The number of benzene rings is 2. The van der Waals surface area contributed by atoms with Gasteiger partial charge in [-0.2, -0.15) is 0 Å². The zero-order chi connectivity index (χ0) is 21.0. The molecule has 0 saturated carbocycles. The van der Waals surface area contributed by atoms with Crippen LogP contribution in [0.3, 0.4) is 0 Å². The number of hydrogen-bond donors (Lipinski definition) is 2. The molecule has 1 spiro atoms. The summed E-state index contributed by atoms with van der Waals surface area (Å²) in [5.74, 6) is 0.641. The quantitative estimate of drug-likeness (QED) is 0.764. The Morgan fingerprint density at radius 1 is 1.20 bits per heavy atom. The van der Waals surface area contributed by atoms with Crippen molar-refractivity contribution in [2.45, 2.75) is 43.9 Å². The number of amides is 1. The zero-order valence-corrected chi connectivity index (χ0v) is 17.5. The molecule has 1 atom stereocenters. The Balaban J connectivity index is 1.24. The summed E-state index contributed by atoms with van der Waals surface area (Å²) >= 11 is 0. The van der Waals surface area contributed by atoms with Crippen molar-refractivity contribution in [3.05, 3.63) is 59.7 Å². The van der Waals surface area contributed by atoms with E-state index < -0.39 is 0 Å². The molecule has 0 unspecified atom stereocenters. The molecule has 1 amide bonds. The van der Waals surface area contributed by atoms with Crippen LogP contribution in [0.1, 0.15) is 41.6 Å². The molecule has 160 valence electrons. The predicted octanol–water partition coefficient (Wildman–Crippen LogP) is 3.34. The van der Waals surface area contributed by atoms with Crippen molar-refractivity contribution in [2.75, 3.05) is 26.7 Å². The minimum absolute atomic E-state index is 0.0438. The van der Waals surface area contributed by atoms with Crippen LogP contribution in [0.2, 0.25) is 0 Å². The highest BCUT2D eigenvalue weighted by atomic mass is 16.5. The van der Waals surface area contributed by atoms with E-state index in [1.54, 1.807) is 13.2 Å². The number of phenols is 1. The van der Waals surface area contributed by atoms with E-state index in [9.17, 15) is 9.90 Å². The zero-order valence-electron chi connectivity index (χ0n) is 17.5. The van der Waals surface area contributed by atoms with Crippen LogP contribution in [0, 0.1) is 0 Å². The molecule has 0 aliphatic carbocycles. The second kappa shape index (κ2) is 9.06. The molecule has 2 aliphatic rings. The third-order valence-corrected chi connectivity index (χ3v) is 6.28. The van der Waals surface area contributed by atoms with E-state index in [1.165, 1.54) is 0 Å². The third kappa shape index (κ3) is 4.77. The lowest BCUT2D eigenvalue weighted by Gasteiger charge is -2.39. The second-order valence-electron chi connectivity index (χ2n) is 8.32. The second-order valence-corrected chi connectivity index (χ2v) is 8.32. The molecule has 0 bridgehead atoms. The number of phenolic OH excluding ortho intramolecular Hbond substituents is 1. The molecule has 6 nitrogen and oxygen atoms in total. The Hall–Kier alpha value is -2.57. The normalized spacial score (nSPS) is 20.9. The minimum Gasteiger partial charge on any atom is -0.504 e. The fourth-order valence-electron chi connectivity index (χ4n) is 4.52. The highest BCUT2D eigenvalue weighted by Crippen LogP contribution is 2.39. The Kier molecular flexibility index (Phi) is 6.25. The fraction of sp³-hybridized carbons (Fsp3) is 0.458. The highest BCUT2D eigenvalue weighted by molar-refractivity contribution is 5.94. The molecule has 2 aromatic rings. The Labute approximate surface area is 177 Å². The first kappa shape index (κ1) is 20.7. The van der Waals surface area contributed by atoms with Gasteiger partial charge in [0.05, 0.1) is 18.8 Å². The summed E-state index contributed by atoms with van der Waals surface area (Å²) in [6.45, 7) is 3.31. The molecule has 4 rings (SSSR count). The van der Waals surface area contributed by atoms with Gasteiger partial charge in [0, 0.05) is 31.7 Å². The van der Waals surface area contributed by atoms with E-state index in [0.717, 1.165) is 50.9 Å². The van der Waals surface area contributed by atoms with Gasteiger partial charge in [-0.3, -0.25) is 9.69 Å². The number of piperidine rings is 1. The van der Waals surface area contributed by atoms with Gasteiger partial charge >= 0.3 is 0 Å².